The summed E-state index contributed by atoms with van der Waals surface area (Å²) in [5.41, 5.74) is 0.414. The first-order valence-corrected chi connectivity index (χ1v) is 6.08. The van der Waals surface area contributed by atoms with Gasteiger partial charge in [0.1, 0.15) is 5.75 Å². The maximum atomic E-state index is 11.9. The minimum atomic E-state index is -0.180. The lowest BCUT2D eigenvalue weighted by Gasteiger charge is -2.06. The van der Waals surface area contributed by atoms with Gasteiger partial charge in [-0.05, 0) is 30.3 Å². The van der Waals surface area contributed by atoms with E-state index < -0.39 is 0 Å². The molecule has 0 aliphatic rings. The standard InChI is InChI=1S/C14H10Cl2O2/c15-10-6-7-12(13(16)8-10)14(17)9-18-11-4-2-1-3-5-11/h1-8H,9H2. The molecule has 0 N–H and O–H groups in total. The van der Waals surface area contributed by atoms with Gasteiger partial charge in [-0.3, -0.25) is 4.79 Å². The Morgan fingerprint density at radius 3 is 2.44 bits per heavy atom. The van der Waals surface area contributed by atoms with Crippen molar-refractivity contribution in [2.45, 2.75) is 0 Å². The third kappa shape index (κ3) is 3.25. The third-order valence-electron chi connectivity index (χ3n) is 2.34. The minimum absolute atomic E-state index is 0.0502. The molecule has 0 atom stereocenters. The summed E-state index contributed by atoms with van der Waals surface area (Å²) in [6.45, 7) is -0.0502. The molecule has 0 saturated heterocycles. The van der Waals surface area contributed by atoms with Gasteiger partial charge in [-0.2, -0.15) is 0 Å². The number of hydrogen-bond acceptors (Lipinski definition) is 2. The fourth-order valence-corrected chi connectivity index (χ4v) is 1.97. The quantitative estimate of drug-likeness (QED) is 0.783. The summed E-state index contributed by atoms with van der Waals surface area (Å²) in [6, 6.07) is 13.9. The van der Waals surface area contributed by atoms with E-state index in [1.165, 1.54) is 0 Å². The van der Waals surface area contributed by atoms with Crippen molar-refractivity contribution in [2.75, 3.05) is 6.61 Å². The highest BCUT2D eigenvalue weighted by Crippen LogP contribution is 2.21. The van der Waals surface area contributed by atoms with Gasteiger partial charge in [-0.25, -0.2) is 0 Å². The summed E-state index contributed by atoms with van der Waals surface area (Å²) in [7, 11) is 0. The van der Waals surface area contributed by atoms with Crippen molar-refractivity contribution in [3.63, 3.8) is 0 Å². The fourth-order valence-electron chi connectivity index (χ4n) is 1.46. The lowest BCUT2D eigenvalue weighted by molar-refractivity contribution is 0.0921. The average molecular weight is 281 g/mol. The van der Waals surface area contributed by atoms with Crippen LogP contribution in [0.25, 0.3) is 0 Å². The summed E-state index contributed by atoms with van der Waals surface area (Å²) in [6.07, 6.45) is 0. The Labute approximate surface area is 115 Å². The van der Waals surface area contributed by atoms with Crippen LogP contribution >= 0.6 is 23.2 Å². The summed E-state index contributed by atoms with van der Waals surface area (Å²) in [4.78, 5) is 11.9. The van der Waals surface area contributed by atoms with Gasteiger partial charge in [0.05, 0.1) is 5.02 Å². The van der Waals surface area contributed by atoms with Crippen molar-refractivity contribution in [1.82, 2.24) is 0 Å². The van der Waals surface area contributed by atoms with Gasteiger partial charge >= 0.3 is 0 Å². The van der Waals surface area contributed by atoms with Crippen LogP contribution < -0.4 is 4.74 Å². The topological polar surface area (TPSA) is 26.3 Å². The first-order chi connectivity index (χ1) is 8.66. The average Bonchev–Trinajstić information content (AvgIpc) is 2.37. The van der Waals surface area contributed by atoms with Gasteiger partial charge in [0.25, 0.3) is 0 Å². The number of ketones is 1. The van der Waals surface area contributed by atoms with E-state index >= 15 is 0 Å². The van der Waals surface area contributed by atoms with Crippen molar-refractivity contribution < 1.29 is 9.53 Å². The molecule has 0 unspecified atom stereocenters. The van der Waals surface area contributed by atoms with Crippen LogP contribution in [0.15, 0.2) is 48.5 Å². The molecule has 0 aliphatic carbocycles. The molecule has 92 valence electrons. The van der Waals surface area contributed by atoms with Crippen molar-refractivity contribution in [1.29, 1.82) is 0 Å². The molecule has 0 heterocycles. The Hall–Kier alpha value is -1.51. The first kappa shape index (κ1) is 12.9. The second-order valence-corrected chi connectivity index (χ2v) is 4.49. The fraction of sp³-hybridized carbons (Fsp3) is 0.0714. The van der Waals surface area contributed by atoms with E-state index in [0.717, 1.165) is 0 Å². The van der Waals surface area contributed by atoms with Crippen LogP contribution in [0.3, 0.4) is 0 Å². The molecular weight excluding hydrogens is 271 g/mol. The molecule has 4 heteroatoms. The zero-order chi connectivity index (χ0) is 13.0. The highest BCUT2D eigenvalue weighted by molar-refractivity contribution is 6.36. The molecule has 0 radical (unpaired) electrons. The van der Waals surface area contributed by atoms with E-state index in [4.69, 9.17) is 27.9 Å². The van der Waals surface area contributed by atoms with E-state index in [0.29, 0.717) is 21.4 Å². The van der Waals surface area contributed by atoms with E-state index in [1.54, 1.807) is 30.3 Å². The number of para-hydroxylation sites is 1. The Kier molecular flexibility index (Phi) is 4.24. The molecule has 0 bridgehead atoms. The number of ether oxygens (including phenoxy) is 1. The molecule has 2 nitrogen and oxygen atoms in total. The number of hydrogen-bond donors (Lipinski definition) is 0. The van der Waals surface area contributed by atoms with Crippen molar-refractivity contribution >= 4 is 29.0 Å². The Balaban J connectivity index is 2.04. The maximum absolute atomic E-state index is 11.9. The van der Waals surface area contributed by atoms with Crippen molar-refractivity contribution in [2.24, 2.45) is 0 Å². The van der Waals surface area contributed by atoms with Gasteiger partial charge in [0, 0.05) is 10.6 Å². The first-order valence-electron chi connectivity index (χ1n) is 5.33. The zero-order valence-electron chi connectivity index (χ0n) is 9.40. The van der Waals surface area contributed by atoms with Crippen LogP contribution in [0.2, 0.25) is 10.0 Å². The second kappa shape index (κ2) is 5.89. The molecule has 0 aliphatic heterocycles. The summed E-state index contributed by atoms with van der Waals surface area (Å²) >= 11 is 11.7. The number of Topliss-reactive ketones (excluding diaryl/α,β-unsaturated/α-hetero) is 1. The summed E-state index contributed by atoms with van der Waals surface area (Å²) < 4.78 is 5.37. The molecule has 0 spiro atoms. The molecule has 0 aromatic heterocycles. The molecular formula is C14H10Cl2O2. The van der Waals surface area contributed by atoms with E-state index in [9.17, 15) is 4.79 Å². The third-order valence-corrected chi connectivity index (χ3v) is 2.89. The predicted molar refractivity (Wildman–Crippen MR) is 72.7 cm³/mol. The van der Waals surface area contributed by atoms with Crippen molar-refractivity contribution in [3.05, 3.63) is 64.1 Å². The highest BCUT2D eigenvalue weighted by Gasteiger charge is 2.11. The van der Waals surface area contributed by atoms with Crippen LogP contribution in [-0.2, 0) is 0 Å². The number of benzene rings is 2. The maximum Gasteiger partial charge on any atom is 0.201 e. The summed E-state index contributed by atoms with van der Waals surface area (Å²) in [5, 5.41) is 0.838. The van der Waals surface area contributed by atoms with Gasteiger partial charge in [-0.1, -0.05) is 41.4 Å². The smallest absolute Gasteiger partial charge is 0.201 e. The Morgan fingerprint density at radius 2 is 1.78 bits per heavy atom. The molecule has 0 fully saturated rings. The molecule has 0 saturated carbocycles. The van der Waals surface area contributed by atoms with E-state index in [2.05, 4.69) is 0 Å². The van der Waals surface area contributed by atoms with Crippen LogP contribution in [0.5, 0.6) is 5.75 Å². The monoisotopic (exact) mass is 280 g/mol. The molecule has 0 amide bonds. The lowest BCUT2D eigenvalue weighted by Crippen LogP contribution is -2.12. The van der Waals surface area contributed by atoms with E-state index in [-0.39, 0.29) is 12.4 Å². The lowest BCUT2D eigenvalue weighted by atomic mass is 10.1. The zero-order valence-corrected chi connectivity index (χ0v) is 10.9. The molecule has 2 aromatic rings. The number of halogens is 2. The van der Waals surface area contributed by atoms with Crippen LogP contribution in [0, 0.1) is 0 Å². The molecule has 18 heavy (non-hydrogen) atoms. The number of carbonyl (C=O) groups excluding carboxylic acids is 1. The number of rotatable bonds is 4. The second-order valence-electron chi connectivity index (χ2n) is 3.65. The Bertz CT molecular complexity index is 553. The van der Waals surface area contributed by atoms with Gasteiger partial charge < -0.3 is 4.74 Å². The largest absolute Gasteiger partial charge is 0.485 e. The van der Waals surface area contributed by atoms with Crippen LogP contribution in [0.4, 0.5) is 0 Å². The van der Waals surface area contributed by atoms with Gasteiger partial charge in [0.2, 0.25) is 5.78 Å². The van der Waals surface area contributed by atoms with E-state index in [1.807, 2.05) is 18.2 Å². The van der Waals surface area contributed by atoms with Crippen LogP contribution in [0.1, 0.15) is 10.4 Å². The molecule has 2 aromatic carbocycles. The normalized spacial score (nSPS) is 10.1. The van der Waals surface area contributed by atoms with Crippen LogP contribution in [-0.4, -0.2) is 12.4 Å². The minimum Gasteiger partial charge on any atom is -0.485 e. The molecule has 2 rings (SSSR count). The highest BCUT2D eigenvalue weighted by atomic mass is 35.5. The predicted octanol–water partition coefficient (Wildman–Crippen LogP) is 4.26. The van der Waals surface area contributed by atoms with Gasteiger partial charge in [-0.15, -0.1) is 0 Å². The van der Waals surface area contributed by atoms with Gasteiger partial charge in [0.15, 0.2) is 6.61 Å². The van der Waals surface area contributed by atoms with Crippen molar-refractivity contribution in [3.8, 4) is 5.75 Å². The summed E-state index contributed by atoms with van der Waals surface area (Å²) in [5.74, 6) is 0.469. The Morgan fingerprint density at radius 1 is 1.06 bits per heavy atom. The number of carbonyl (C=O) groups is 1. The SMILES string of the molecule is O=C(COc1ccccc1)c1ccc(Cl)cc1Cl.